The van der Waals surface area contributed by atoms with Gasteiger partial charge in [-0.3, -0.25) is 4.79 Å². The molecule has 5 heteroatoms. The van der Waals surface area contributed by atoms with Crippen LogP contribution in [0, 0.1) is 5.82 Å². The van der Waals surface area contributed by atoms with E-state index in [1.165, 1.54) is 6.07 Å². The smallest absolute Gasteiger partial charge is 0.320 e. The zero-order valence-electron chi connectivity index (χ0n) is 9.54. The van der Waals surface area contributed by atoms with Gasteiger partial charge in [0.15, 0.2) is 0 Å². The molecule has 1 aromatic rings. The number of alkyl halides is 1. The van der Waals surface area contributed by atoms with Crippen LogP contribution in [-0.2, 0) is 9.53 Å². The standard InChI is InChI=1S/C12H13Br2FO2/c1-3-17-12(16)11(14)7(2)8-4-5-9(13)10(15)6-8/h4-7,11H,3H2,1-2H3. The Kier molecular flexibility index (Phi) is 5.59. The summed E-state index contributed by atoms with van der Waals surface area (Å²) in [7, 11) is 0. The summed E-state index contributed by atoms with van der Waals surface area (Å²) >= 11 is 6.37. The Balaban J connectivity index is 2.84. The predicted octanol–water partition coefficient (Wildman–Crippen LogP) is 4.02. The molecule has 0 spiro atoms. The molecule has 0 heterocycles. The molecule has 0 saturated carbocycles. The third-order valence-electron chi connectivity index (χ3n) is 2.42. The molecule has 0 aliphatic carbocycles. The van der Waals surface area contributed by atoms with Crippen molar-refractivity contribution in [2.24, 2.45) is 0 Å². The van der Waals surface area contributed by atoms with Gasteiger partial charge in [0.25, 0.3) is 0 Å². The Morgan fingerprint density at radius 1 is 1.53 bits per heavy atom. The molecule has 0 radical (unpaired) electrons. The zero-order valence-corrected chi connectivity index (χ0v) is 12.7. The Morgan fingerprint density at radius 3 is 2.71 bits per heavy atom. The lowest BCUT2D eigenvalue weighted by molar-refractivity contribution is -0.142. The van der Waals surface area contributed by atoms with Gasteiger partial charge in [-0.15, -0.1) is 0 Å². The summed E-state index contributed by atoms with van der Waals surface area (Å²) < 4.78 is 18.7. The van der Waals surface area contributed by atoms with Crippen molar-refractivity contribution < 1.29 is 13.9 Å². The van der Waals surface area contributed by atoms with E-state index in [0.717, 1.165) is 5.56 Å². The van der Waals surface area contributed by atoms with Gasteiger partial charge in [-0.05, 0) is 40.5 Å². The van der Waals surface area contributed by atoms with Crippen LogP contribution in [0.5, 0.6) is 0 Å². The van der Waals surface area contributed by atoms with Crippen molar-refractivity contribution in [3.63, 3.8) is 0 Å². The minimum atomic E-state index is -0.469. The maximum atomic E-state index is 13.4. The lowest BCUT2D eigenvalue weighted by Gasteiger charge is -2.17. The summed E-state index contributed by atoms with van der Waals surface area (Å²) in [4.78, 5) is 11.1. The maximum absolute atomic E-state index is 13.4. The van der Waals surface area contributed by atoms with Gasteiger partial charge in [-0.2, -0.15) is 0 Å². The van der Waals surface area contributed by atoms with Gasteiger partial charge in [0, 0.05) is 5.92 Å². The van der Waals surface area contributed by atoms with Crippen LogP contribution in [0.3, 0.4) is 0 Å². The van der Waals surface area contributed by atoms with Crippen molar-refractivity contribution >= 4 is 37.8 Å². The van der Waals surface area contributed by atoms with Crippen molar-refractivity contribution in [3.8, 4) is 0 Å². The number of ether oxygens (including phenoxy) is 1. The molecule has 0 N–H and O–H groups in total. The molecule has 2 unspecified atom stereocenters. The Labute approximate surface area is 117 Å². The SMILES string of the molecule is CCOC(=O)C(Br)C(C)c1ccc(Br)c(F)c1. The Morgan fingerprint density at radius 2 is 2.18 bits per heavy atom. The average molecular weight is 368 g/mol. The predicted molar refractivity (Wildman–Crippen MR) is 71.9 cm³/mol. The van der Waals surface area contributed by atoms with Gasteiger partial charge in [-0.1, -0.05) is 28.9 Å². The summed E-state index contributed by atoms with van der Waals surface area (Å²) in [6.07, 6.45) is 0. The molecule has 2 nitrogen and oxygen atoms in total. The van der Waals surface area contributed by atoms with Crippen LogP contribution in [0.15, 0.2) is 22.7 Å². The molecule has 94 valence electrons. The summed E-state index contributed by atoms with van der Waals surface area (Å²) in [6, 6.07) is 4.83. The molecule has 1 rings (SSSR count). The lowest BCUT2D eigenvalue weighted by atomic mass is 9.98. The third-order valence-corrected chi connectivity index (χ3v) is 4.23. The monoisotopic (exact) mass is 366 g/mol. The van der Waals surface area contributed by atoms with Gasteiger partial charge < -0.3 is 4.74 Å². The molecule has 0 aromatic heterocycles. The van der Waals surface area contributed by atoms with Crippen molar-refractivity contribution in [2.45, 2.75) is 24.6 Å². The number of halogens is 3. The normalized spacial score (nSPS) is 14.2. The second kappa shape index (κ2) is 6.50. The lowest BCUT2D eigenvalue weighted by Crippen LogP contribution is -2.23. The molecule has 17 heavy (non-hydrogen) atoms. The number of rotatable bonds is 4. The van der Waals surface area contributed by atoms with Crippen molar-refractivity contribution in [3.05, 3.63) is 34.1 Å². The molecule has 0 fully saturated rings. The second-order valence-electron chi connectivity index (χ2n) is 3.62. The van der Waals surface area contributed by atoms with Crippen LogP contribution in [0.1, 0.15) is 25.3 Å². The van der Waals surface area contributed by atoms with E-state index in [1.54, 1.807) is 19.1 Å². The summed E-state index contributed by atoms with van der Waals surface area (Å²) in [5.74, 6) is -0.821. The van der Waals surface area contributed by atoms with Crippen LogP contribution in [-0.4, -0.2) is 17.4 Å². The van der Waals surface area contributed by atoms with Crippen LogP contribution >= 0.6 is 31.9 Å². The highest BCUT2D eigenvalue weighted by atomic mass is 79.9. The van der Waals surface area contributed by atoms with Crippen LogP contribution in [0.25, 0.3) is 0 Å². The first kappa shape index (κ1) is 14.6. The van der Waals surface area contributed by atoms with E-state index in [1.807, 2.05) is 6.92 Å². The quantitative estimate of drug-likeness (QED) is 0.593. The minimum absolute atomic E-state index is 0.156. The average Bonchev–Trinajstić information content (AvgIpc) is 2.31. The summed E-state index contributed by atoms with van der Waals surface area (Å²) in [6.45, 7) is 3.93. The molecular weight excluding hydrogens is 355 g/mol. The summed E-state index contributed by atoms with van der Waals surface area (Å²) in [5.41, 5.74) is 0.751. The number of esters is 1. The van der Waals surface area contributed by atoms with E-state index in [-0.39, 0.29) is 17.7 Å². The molecule has 2 atom stereocenters. The van der Waals surface area contributed by atoms with Gasteiger partial charge in [0.05, 0.1) is 11.1 Å². The minimum Gasteiger partial charge on any atom is -0.465 e. The first-order valence-electron chi connectivity index (χ1n) is 5.23. The van der Waals surface area contributed by atoms with E-state index in [0.29, 0.717) is 11.1 Å². The number of hydrogen-bond donors (Lipinski definition) is 0. The van der Waals surface area contributed by atoms with E-state index >= 15 is 0 Å². The fourth-order valence-electron chi connectivity index (χ4n) is 1.39. The first-order valence-corrected chi connectivity index (χ1v) is 6.93. The number of benzene rings is 1. The first-order chi connectivity index (χ1) is 7.97. The van der Waals surface area contributed by atoms with E-state index in [4.69, 9.17) is 4.74 Å². The zero-order chi connectivity index (χ0) is 13.0. The molecule has 1 aromatic carbocycles. The van der Waals surface area contributed by atoms with Crippen LogP contribution in [0.2, 0.25) is 0 Å². The van der Waals surface area contributed by atoms with E-state index in [9.17, 15) is 9.18 Å². The largest absolute Gasteiger partial charge is 0.465 e. The topological polar surface area (TPSA) is 26.3 Å². The van der Waals surface area contributed by atoms with Crippen LogP contribution < -0.4 is 0 Å². The number of carbonyl (C=O) groups excluding carboxylic acids is 1. The van der Waals surface area contributed by atoms with Gasteiger partial charge in [-0.25, -0.2) is 4.39 Å². The van der Waals surface area contributed by atoms with Gasteiger partial charge in [0.2, 0.25) is 0 Å². The summed E-state index contributed by atoms with van der Waals surface area (Å²) in [5, 5.41) is 0. The molecule has 0 aliphatic rings. The van der Waals surface area contributed by atoms with E-state index in [2.05, 4.69) is 31.9 Å². The Bertz CT molecular complexity index is 409. The van der Waals surface area contributed by atoms with Gasteiger partial charge >= 0.3 is 5.97 Å². The fourth-order valence-corrected chi connectivity index (χ4v) is 2.07. The highest BCUT2D eigenvalue weighted by Gasteiger charge is 2.25. The van der Waals surface area contributed by atoms with Crippen molar-refractivity contribution in [1.29, 1.82) is 0 Å². The van der Waals surface area contributed by atoms with E-state index < -0.39 is 4.83 Å². The third kappa shape index (κ3) is 3.78. The van der Waals surface area contributed by atoms with Crippen molar-refractivity contribution in [1.82, 2.24) is 0 Å². The van der Waals surface area contributed by atoms with Crippen LogP contribution in [0.4, 0.5) is 4.39 Å². The molecular formula is C12H13Br2FO2. The molecule has 0 amide bonds. The second-order valence-corrected chi connectivity index (χ2v) is 5.46. The highest BCUT2D eigenvalue weighted by Crippen LogP contribution is 2.28. The number of carbonyl (C=O) groups is 1. The molecule has 0 bridgehead atoms. The Hall–Kier alpha value is -0.420. The highest BCUT2D eigenvalue weighted by molar-refractivity contribution is 9.10. The maximum Gasteiger partial charge on any atom is 0.320 e. The molecule has 0 saturated heterocycles. The molecule has 0 aliphatic heterocycles. The number of hydrogen-bond acceptors (Lipinski definition) is 2. The van der Waals surface area contributed by atoms with Gasteiger partial charge in [0.1, 0.15) is 10.6 Å². The van der Waals surface area contributed by atoms with Crippen molar-refractivity contribution in [2.75, 3.05) is 6.61 Å². The fraction of sp³-hybridized carbons (Fsp3) is 0.417.